The molecule has 258 valence electrons. The molecule has 3 atom stereocenters. The summed E-state index contributed by atoms with van der Waals surface area (Å²) in [4.78, 5) is 26.6. The lowest BCUT2D eigenvalue weighted by Gasteiger charge is -2.53. The van der Waals surface area contributed by atoms with Gasteiger partial charge in [0, 0.05) is 36.5 Å². The first-order chi connectivity index (χ1) is 23.4. The number of fused-ring (bicyclic) bond motifs is 4. The van der Waals surface area contributed by atoms with E-state index in [1.807, 2.05) is 26.8 Å². The van der Waals surface area contributed by atoms with Crippen molar-refractivity contribution in [3.8, 4) is 22.8 Å². The van der Waals surface area contributed by atoms with Crippen LogP contribution in [0.15, 0.2) is 48.1 Å². The molecule has 1 amide bonds. The molecule has 2 saturated heterocycles. The number of allylic oxidation sites excluding steroid dienone is 1. The highest BCUT2D eigenvalue weighted by molar-refractivity contribution is 6.34. The number of benzene rings is 2. The van der Waals surface area contributed by atoms with Crippen molar-refractivity contribution in [1.82, 2.24) is 14.8 Å². The normalized spacial score (nSPS) is 25.0. The van der Waals surface area contributed by atoms with Crippen molar-refractivity contribution in [2.24, 2.45) is 0 Å². The number of nitrogens with zero attached hydrogens (tertiary/aromatic N) is 5. The van der Waals surface area contributed by atoms with E-state index >= 15 is 8.78 Å². The van der Waals surface area contributed by atoms with Crippen molar-refractivity contribution >= 4 is 40.0 Å². The van der Waals surface area contributed by atoms with Gasteiger partial charge in [0.25, 0.3) is 0 Å². The molecule has 0 unspecified atom stereocenters. The minimum atomic E-state index is -0.867. The number of likely N-dealkylation sites (tertiary alicyclic amines) is 1. The van der Waals surface area contributed by atoms with Crippen LogP contribution in [-0.4, -0.2) is 89.5 Å². The van der Waals surface area contributed by atoms with Crippen molar-refractivity contribution in [2.75, 3.05) is 49.6 Å². The molecule has 0 aliphatic carbocycles. The van der Waals surface area contributed by atoms with Crippen molar-refractivity contribution < 1.29 is 32.9 Å². The van der Waals surface area contributed by atoms with Gasteiger partial charge in [-0.25, -0.2) is 18.6 Å². The number of likely N-dealkylation sites (N-methyl/N-ethyl adjacent to an activating group) is 1. The van der Waals surface area contributed by atoms with Crippen LogP contribution in [0.1, 0.15) is 40.0 Å². The highest BCUT2D eigenvalue weighted by Gasteiger charge is 2.49. The van der Waals surface area contributed by atoms with Crippen molar-refractivity contribution in [3.05, 3.63) is 64.7 Å². The summed E-state index contributed by atoms with van der Waals surface area (Å²) in [5.41, 5.74) is 0.872. The Hall–Kier alpha value is -4.29. The third-order valence-corrected chi connectivity index (χ3v) is 10.4. The van der Waals surface area contributed by atoms with E-state index in [1.54, 1.807) is 17.2 Å². The zero-order chi connectivity index (χ0) is 34.4. The molecular formula is C36H38ClF2N5O5. The Labute approximate surface area is 288 Å². The molecule has 0 bridgehead atoms. The topological polar surface area (TPSA) is 90.8 Å². The Bertz CT molecular complexity index is 1920. The summed E-state index contributed by atoms with van der Waals surface area (Å²) in [6, 6.07) is 5.06. The van der Waals surface area contributed by atoms with E-state index in [-0.39, 0.29) is 45.7 Å². The first-order valence-electron chi connectivity index (χ1n) is 16.7. The van der Waals surface area contributed by atoms with Gasteiger partial charge in [0.15, 0.2) is 5.82 Å². The van der Waals surface area contributed by atoms with Crippen LogP contribution in [0.3, 0.4) is 0 Å². The molecule has 49 heavy (non-hydrogen) atoms. The van der Waals surface area contributed by atoms with Gasteiger partial charge >= 0.3 is 6.09 Å². The van der Waals surface area contributed by atoms with Crippen molar-refractivity contribution in [3.63, 3.8) is 0 Å². The van der Waals surface area contributed by atoms with Crippen LogP contribution in [-0.2, 0) is 9.47 Å². The average Bonchev–Trinajstić information content (AvgIpc) is 3.73. The maximum atomic E-state index is 16.9. The highest BCUT2D eigenvalue weighted by Crippen LogP contribution is 2.55. The fourth-order valence-electron chi connectivity index (χ4n) is 7.96. The van der Waals surface area contributed by atoms with Gasteiger partial charge in [-0.1, -0.05) is 17.7 Å². The SMILES string of the molecule is CN1CCC[C@H]1[C@H]1CN2C(=C3CC=CO3)[C@H]3CN(C(=O)OC(C)(C)C)CCN3c3c2c(nc2c(F)c(-c4c(O)cccc4F)c(Cl)cc32)O1. The molecule has 0 radical (unpaired) electrons. The van der Waals surface area contributed by atoms with Crippen molar-refractivity contribution in [1.29, 1.82) is 0 Å². The Morgan fingerprint density at radius 3 is 2.63 bits per heavy atom. The van der Waals surface area contributed by atoms with Gasteiger partial charge in [0.2, 0.25) is 5.88 Å². The number of halogens is 3. The number of aromatic hydroxyl groups is 1. The monoisotopic (exact) mass is 693 g/mol. The molecule has 2 aromatic carbocycles. The van der Waals surface area contributed by atoms with Gasteiger partial charge in [-0.3, -0.25) is 4.90 Å². The summed E-state index contributed by atoms with van der Waals surface area (Å²) in [7, 11) is 2.08. The summed E-state index contributed by atoms with van der Waals surface area (Å²) in [6.45, 7) is 7.95. The number of pyridine rings is 1. The number of piperazine rings is 1. The molecule has 3 aromatic rings. The molecule has 5 aliphatic heterocycles. The van der Waals surface area contributed by atoms with Gasteiger partial charge in [-0.05, 0) is 71.5 Å². The minimum absolute atomic E-state index is 0.0561. The Kier molecular flexibility index (Phi) is 7.60. The van der Waals surface area contributed by atoms with Gasteiger partial charge in [-0.15, -0.1) is 0 Å². The number of carbonyl (C=O) groups is 1. The third-order valence-electron chi connectivity index (χ3n) is 10.1. The maximum Gasteiger partial charge on any atom is 0.410 e. The number of anilines is 2. The third kappa shape index (κ3) is 5.22. The average molecular weight is 694 g/mol. The first kappa shape index (κ1) is 31.9. The number of phenolic OH excluding ortho intramolecular Hbond substituents is 1. The summed E-state index contributed by atoms with van der Waals surface area (Å²) >= 11 is 6.79. The number of hydrogen-bond acceptors (Lipinski definition) is 9. The van der Waals surface area contributed by atoms with E-state index in [2.05, 4.69) is 21.7 Å². The van der Waals surface area contributed by atoms with Crippen LogP contribution >= 0.6 is 11.6 Å². The fourth-order valence-corrected chi connectivity index (χ4v) is 8.24. The van der Waals surface area contributed by atoms with Crippen LogP contribution in [0.5, 0.6) is 11.6 Å². The molecule has 2 fully saturated rings. The summed E-state index contributed by atoms with van der Waals surface area (Å²) in [6.07, 6.45) is 5.42. The second kappa shape index (κ2) is 11.7. The first-order valence-corrected chi connectivity index (χ1v) is 17.1. The van der Waals surface area contributed by atoms with Gasteiger partial charge < -0.3 is 34.0 Å². The number of phenols is 1. The fraction of sp³-hybridized carbons (Fsp3) is 0.444. The molecule has 10 nitrogen and oxygen atoms in total. The van der Waals surface area contributed by atoms with Crippen LogP contribution in [0.4, 0.5) is 25.0 Å². The van der Waals surface area contributed by atoms with E-state index < -0.39 is 29.1 Å². The zero-order valence-corrected chi connectivity index (χ0v) is 28.6. The highest BCUT2D eigenvalue weighted by atomic mass is 35.5. The number of aromatic nitrogens is 1. The number of carbonyl (C=O) groups excluding carboxylic acids is 1. The standard InChI is InChI=1S/C36H38ClF2N5O5/c1-36(2,3)49-35(46)42-13-14-43-23(17-42)32(25-11-7-15-47-25)44-18-26(22-9-6-12-41(22)4)48-34-33(44)31(43)19-16-20(37)27(29(39)30(19)40-34)28-21(38)8-5-10-24(28)45/h5,7-8,10,15-16,22-23,26,45H,6,9,11-14,17-18H2,1-4H3/t22-,23+,26+/m0/s1. The van der Waals surface area contributed by atoms with E-state index in [0.717, 1.165) is 36.9 Å². The molecule has 1 aromatic heterocycles. The second-order valence-electron chi connectivity index (χ2n) is 14.3. The lowest BCUT2D eigenvalue weighted by atomic mass is 9.93. The zero-order valence-electron chi connectivity index (χ0n) is 27.8. The number of rotatable bonds is 2. The van der Waals surface area contributed by atoms with Crippen LogP contribution in [0.2, 0.25) is 5.02 Å². The largest absolute Gasteiger partial charge is 0.507 e. The Morgan fingerprint density at radius 2 is 1.94 bits per heavy atom. The molecule has 1 N–H and O–H groups in total. The minimum Gasteiger partial charge on any atom is -0.507 e. The molecule has 0 spiro atoms. The Morgan fingerprint density at radius 1 is 1.12 bits per heavy atom. The molecule has 13 heteroatoms. The van der Waals surface area contributed by atoms with Gasteiger partial charge in [0.05, 0.1) is 47.4 Å². The second-order valence-corrected chi connectivity index (χ2v) is 14.7. The smallest absolute Gasteiger partial charge is 0.410 e. The number of amides is 1. The number of hydrogen-bond donors (Lipinski definition) is 1. The van der Waals surface area contributed by atoms with Crippen LogP contribution in [0.25, 0.3) is 22.0 Å². The summed E-state index contributed by atoms with van der Waals surface area (Å²) in [5, 5.41) is 11.0. The van der Waals surface area contributed by atoms with Crippen molar-refractivity contribution in [2.45, 2.75) is 63.8 Å². The van der Waals surface area contributed by atoms with Gasteiger partial charge in [-0.2, -0.15) is 0 Å². The van der Waals surface area contributed by atoms with E-state index in [0.29, 0.717) is 49.4 Å². The van der Waals surface area contributed by atoms with Crippen LogP contribution < -0.4 is 14.5 Å². The van der Waals surface area contributed by atoms with Crippen LogP contribution in [0, 0.1) is 11.6 Å². The quantitative estimate of drug-likeness (QED) is 0.312. The summed E-state index contributed by atoms with van der Waals surface area (Å²) < 4.78 is 50.6. The van der Waals surface area contributed by atoms with Gasteiger partial charge in [0.1, 0.15) is 40.2 Å². The predicted molar refractivity (Wildman–Crippen MR) is 182 cm³/mol. The molecular weight excluding hydrogens is 656 g/mol. The van der Waals surface area contributed by atoms with E-state index in [9.17, 15) is 9.90 Å². The lowest BCUT2D eigenvalue weighted by molar-refractivity contribution is 0.0218. The summed E-state index contributed by atoms with van der Waals surface area (Å²) in [5.74, 6) is -1.11. The molecule has 8 rings (SSSR count). The number of ether oxygens (including phenoxy) is 3. The predicted octanol–water partition coefficient (Wildman–Crippen LogP) is 6.79. The molecule has 0 saturated carbocycles. The van der Waals surface area contributed by atoms with E-state index in [1.165, 1.54) is 12.1 Å². The Balaban J connectivity index is 1.36. The lowest BCUT2D eigenvalue weighted by Crippen LogP contribution is -2.62. The van der Waals surface area contributed by atoms with E-state index in [4.69, 9.17) is 30.8 Å². The molecule has 6 heterocycles. The maximum absolute atomic E-state index is 16.9. The molecule has 5 aliphatic rings.